The predicted octanol–water partition coefficient (Wildman–Crippen LogP) is 2.82. The van der Waals surface area contributed by atoms with E-state index in [1.807, 2.05) is 84.9 Å². The average Bonchev–Trinajstić information content (AvgIpc) is 2.92. The van der Waals surface area contributed by atoms with E-state index in [9.17, 15) is 9.90 Å². The van der Waals surface area contributed by atoms with Crippen molar-refractivity contribution in [2.75, 3.05) is 13.2 Å². The number of carbonyl (C=O) groups excluding carboxylic acids is 1. The zero-order chi connectivity index (χ0) is 23.6. The molecule has 5 heteroatoms. The highest BCUT2D eigenvalue weighted by molar-refractivity contribution is 7.07. The molecule has 4 nitrogen and oxygen atoms in total. The molecule has 0 saturated heterocycles. The first-order chi connectivity index (χ1) is 16.7. The van der Waals surface area contributed by atoms with Crippen molar-refractivity contribution in [3.05, 3.63) is 127 Å². The fourth-order valence-corrected chi connectivity index (χ4v) is 7.90. The van der Waals surface area contributed by atoms with Crippen LogP contribution < -0.4 is 15.6 Å². The van der Waals surface area contributed by atoms with Crippen molar-refractivity contribution in [2.45, 2.75) is 12.7 Å². The second-order valence-electron chi connectivity index (χ2n) is 8.00. The Kier molecular flexibility index (Phi) is 8.17. The molecule has 0 aromatic heterocycles. The summed E-state index contributed by atoms with van der Waals surface area (Å²) in [7, 11) is -2.99. The fraction of sp³-hybridized carbons (Fsp3) is 0.138. The van der Waals surface area contributed by atoms with E-state index >= 15 is 0 Å². The lowest BCUT2D eigenvalue weighted by molar-refractivity contribution is -0.136. The monoisotopic (exact) mass is 468 g/mol. The number of benzene rings is 4. The number of ketones is 1. The Hall–Kier alpha value is -3.35. The van der Waals surface area contributed by atoms with Gasteiger partial charge < -0.3 is 14.3 Å². The maximum Gasteiger partial charge on any atom is 0.288 e. The van der Waals surface area contributed by atoms with E-state index < -0.39 is 21.0 Å². The summed E-state index contributed by atoms with van der Waals surface area (Å²) in [6.07, 6.45) is -0.950. The van der Waals surface area contributed by atoms with Gasteiger partial charge in [-0.1, -0.05) is 121 Å². The number of aliphatic hydroxyl groups excluding tert-OH is 1. The van der Waals surface area contributed by atoms with Gasteiger partial charge in [0, 0.05) is 0 Å². The Balaban J connectivity index is 1.64. The SMILES string of the molecule is O=C(CO[Si](c1ccccc1)(c1ccccc1)c1ccccc1)[C@H](CO)OCc1ccccc1. The summed E-state index contributed by atoms with van der Waals surface area (Å²) in [6.45, 7) is -0.313. The van der Waals surface area contributed by atoms with Crippen LogP contribution in [0, 0.1) is 0 Å². The van der Waals surface area contributed by atoms with Gasteiger partial charge in [0.1, 0.15) is 6.10 Å². The second kappa shape index (κ2) is 11.7. The minimum absolute atomic E-state index is 0.162. The Morgan fingerprint density at radius 1 is 0.676 bits per heavy atom. The summed E-state index contributed by atoms with van der Waals surface area (Å²) >= 11 is 0. The van der Waals surface area contributed by atoms with Crippen LogP contribution in [0.25, 0.3) is 0 Å². The molecule has 0 aliphatic carbocycles. The molecule has 1 N–H and O–H groups in total. The molecule has 0 radical (unpaired) electrons. The Bertz CT molecular complexity index is 1060. The number of hydrogen-bond acceptors (Lipinski definition) is 4. The maximum atomic E-state index is 13.1. The van der Waals surface area contributed by atoms with Crippen LogP contribution in [0.4, 0.5) is 0 Å². The highest BCUT2D eigenvalue weighted by Gasteiger charge is 2.42. The normalized spacial score (nSPS) is 12.3. The maximum absolute atomic E-state index is 13.1. The molecular weight excluding hydrogens is 440 g/mol. The molecular formula is C29H28O4Si. The van der Waals surface area contributed by atoms with Crippen molar-refractivity contribution in [2.24, 2.45) is 0 Å². The van der Waals surface area contributed by atoms with E-state index in [0.717, 1.165) is 21.1 Å². The first-order valence-electron chi connectivity index (χ1n) is 11.3. The van der Waals surface area contributed by atoms with Crippen LogP contribution in [0.5, 0.6) is 0 Å². The van der Waals surface area contributed by atoms with Crippen molar-refractivity contribution in [3.8, 4) is 0 Å². The highest BCUT2D eigenvalue weighted by Crippen LogP contribution is 2.11. The van der Waals surface area contributed by atoms with Crippen molar-refractivity contribution in [1.82, 2.24) is 0 Å². The van der Waals surface area contributed by atoms with Crippen LogP contribution in [0.15, 0.2) is 121 Å². The topological polar surface area (TPSA) is 55.8 Å². The Morgan fingerprint density at radius 2 is 1.09 bits per heavy atom. The number of carbonyl (C=O) groups is 1. The van der Waals surface area contributed by atoms with E-state index in [0.29, 0.717) is 0 Å². The molecule has 0 fully saturated rings. The van der Waals surface area contributed by atoms with E-state index in [-0.39, 0.29) is 19.0 Å². The standard InChI is InChI=1S/C29H28O4Si/c30-21-29(32-22-24-13-5-1-6-14-24)28(31)23-33-34(25-15-7-2-8-16-25,26-17-9-3-10-18-26)27-19-11-4-12-20-27/h1-20,29-30H,21-23H2/t29-/m0/s1. The second-order valence-corrected chi connectivity index (χ2v) is 11.4. The van der Waals surface area contributed by atoms with Crippen LogP contribution in [-0.2, 0) is 20.6 Å². The number of rotatable bonds is 11. The molecule has 1 atom stereocenters. The Morgan fingerprint density at radius 3 is 1.50 bits per heavy atom. The van der Waals surface area contributed by atoms with Crippen molar-refractivity contribution >= 4 is 29.7 Å². The summed E-state index contributed by atoms with van der Waals surface area (Å²) in [4.78, 5) is 13.1. The minimum Gasteiger partial charge on any atom is -0.397 e. The van der Waals surface area contributed by atoms with Crippen molar-refractivity contribution in [3.63, 3.8) is 0 Å². The lowest BCUT2D eigenvalue weighted by atomic mass is 10.2. The molecule has 0 bridgehead atoms. The third kappa shape index (κ3) is 5.41. The Labute approximate surface area is 201 Å². The van der Waals surface area contributed by atoms with Crippen molar-refractivity contribution in [1.29, 1.82) is 0 Å². The van der Waals surface area contributed by atoms with Gasteiger partial charge in [-0.15, -0.1) is 0 Å². The van der Waals surface area contributed by atoms with E-state index in [4.69, 9.17) is 9.16 Å². The molecule has 0 spiro atoms. The third-order valence-corrected chi connectivity index (χ3v) is 9.81. The lowest BCUT2D eigenvalue weighted by Crippen LogP contribution is -2.69. The van der Waals surface area contributed by atoms with E-state index in [1.54, 1.807) is 0 Å². The largest absolute Gasteiger partial charge is 0.397 e. The van der Waals surface area contributed by atoms with Gasteiger partial charge in [-0.05, 0) is 21.1 Å². The minimum atomic E-state index is -2.99. The first-order valence-corrected chi connectivity index (χ1v) is 13.2. The molecule has 172 valence electrons. The zero-order valence-electron chi connectivity index (χ0n) is 18.9. The van der Waals surface area contributed by atoms with E-state index in [1.165, 1.54) is 0 Å². The summed E-state index contributed by atoms with van der Waals surface area (Å²) in [5.74, 6) is -0.280. The molecule has 0 unspecified atom stereocenters. The summed E-state index contributed by atoms with van der Waals surface area (Å²) in [6, 6.07) is 39.9. The zero-order valence-corrected chi connectivity index (χ0v) is 19.9. The molecule has 4 aromatic rings. The van der Waals surface area contributed by atoms with Crippen LogP contribution in [0.3, 0.4) is 0 Å². The van der Waals surface area contributed by atoms with Gasteiger partial charge in [0.05, 0.1) is 19.8 Å². The van der Waals surface area contributed by atoms with E-state index in [2.05, 4.69) is 36.4 Å². The fourth-order valence-electron chi connectivity index (χ4n) is 4.06. The average molecular weight is 469 g/mol. The van der Waals surface area contributed by atoms with Gasteiger partial charge in [-0.2, -0.15) is 0 Å². The predicted molar refractivity (Wildman–Crippen MR) is 137 cm³/mol. The van der Waals surface area contributed by atoms with Gasteiger partial charge in [0.25, 0.3) is 8.32 Å². The first kappa shape index (κ1) is 23.8. The van der Waals surface area contributed by atoms with Crippen LogP contribution >= 0.6 is 0 Å². The van der Waals surface area contributed by atoms with Crippen LogP contribution in [0.1, 0.15) is 5.56 Å². The van der Waals surface area contributed by atoms with Gasteiger partial charge in [-0.3, -0.25) is 4.79 Å². The molecule has 0 aliphatic heterocycles. The lowest BCUT2D eigenvalue weighted by Gasteiger charge is -2.33. The van der Waals surface area contributed by atoms with Gasteiger partial charge in [0.2, 0.25) is 0 Å². The highest BCUT2D eigenvalue weighted by atomic mass is 28.4. The number of Topliss-reactive ketones (excluding diaryl/α,β-unsaturated/α-hetero) is 1. The number of aliphatic hydroxyl groups is 1. The summed E-state index contributed by atoms with van der Waals surface area (Å²) in [5.41, 5.74) is 0.941. The molecule has 0 heterocycles. The van der Waals surface area contributed by atoms with Crippen LogP contribution in [-0.4, -0.2) is 38.5 Å². The molecule has 0 aliphatic rings. The quantitative estimate of drug-likeness (QED) is 0.272. The summed E-state index contributed by atoms with van der Waals surface area (Å²) < 4.78 is 12.4. The van der Waals surface area contributed by atoms with Gasteiger partial charge in [0.15, 0.2) is 5.78 Å². The molecule has 0 saturated carbocycles. The van der Waals surface area contributed by atoms with Crippen LogP contribution in [0.2, 0.25) is 0 Å². The van der Waals surface area contributed by atoms with Gasteiger partial charge in [-0.25, -0.2) is 0 Å². The summed E-state index contributed by atoms with van der Waals surface area (Å²) in [5, 5.41) is 13.0. The number of ether oxygens (including phenoxy) is 1. The molecule has 34 heavy (non-hydrogen) atoms. The molecule has 4 rings (SSSR count). The molecule has 4 aromatic carbocycles. The third-order valence-electron chi connectivity index (χ3n) is 5.79. The molecule has 0 amide bonds. The van der Waals surface area contributed by atoms with Gasteiger partial charge >= 0.3 is 0 Å². The smallest absolute Gasteiger partial charge is 0.288 e. The van der Waals surface area contributed by atoms with Crippen molar-refractivity contribution < 1.29 is 19.1 Å². The number of hydrogen-bond donors (Lipinski definition) is 1.